The number of esters is 1. The van der Waals surface area contributed by atoms with Gasteiger partial charge in [0.25, 0.3) is 5.91 Å². The molecule has 1 aliphatic heterocycles. The molecule has 7 nitrogen and oxygen atoms in total. The van der Waals surface area contributed by atoms with Crippen LogP contribution in [-0.4, -0.2) is 40.5 Å². The zero-order valence-corrected chi connectivity index (χ0v) is 21.5. The number of hydrogen-bond donors (Lipinski definition) is 1. The highest BCUT2D eigenvalue weighted by Gasteiger charge is 2.35. The van der Waals surface area contributed by atoms with E-state index < -0.39 is 16.0 Å². The fourth-order valence-electron chi connectivity index (χ4n) is 3.80. The summed E-state index contributed by atoms with van der Waals surface area (Å²) in [6, 6.07) is 20.7. The smallest absolute Gasteiger partial charge is 0.339 e. The van der Waals surface area contributed by atoms with E-state index in [0.29, 0.717) is 16.8 Å². The Kier molecular flexibility index (Phi) is 7.20. The third kappa shape index (κ3) is 5.22. The van der Waals surface area contributed by atoms with Crippen molar-refractivity contribution in [3.63, 3.8) is 0 Å². The number of anilines is 1. The summed E-state index contributed by atoms with van der Waals surface area (Å²) in [6.45, 7) is 1.55. The maximum atomic E-state index is 13.3. The second-order valence-corrected chi connectivity index (χ2v) is 10.7. The molecule has 0 aliphatic carbocycles. The number of aryl methyl sites for hydroxylation is 1. The molecule has 0 atom stereocenters. The highest BCUT2D eigenvalue weighted by Crippen LogP contribution is 2.41. The first-order chi connectivity index (χ1) is 16.7. The molecular formula is C26H23BrN2O5S. The van der Waals surface area contributed by atoms with E-state index in [0.717, 1.165) is 10.0 Å². The van der Waals surface area contributed by atoms with Gasteiger partial charge in [0.05, 0.1) is 21.7 Å². The van der Waals surface area contributed by atoms with Crippen molar-refractivity contribution in [1.29, 1.82) is 0 Å². The topological polar surface area (TPSA) is 92.8 Å². The molecule has 9 heteroatoms. The van der Waals surface area contributed by atoms with Crippen LogP contribution in [0.3, 0.4) is 0 Å². The summed E-state index contributed by atoms with van der Waals surface area (Å²) in [5.74, 6) is -1.04. The third-order valence-corrected chi connectivity index (χ3v) is 7.55. The molecule has 1 N–H and O–H groups in total. The number of ether oxygens (including phenoxy) is 1. The molecule has 35 heavy (non-hydrogen) atoms. The molecule has 1 aliphatic rings. The first-order valence-corrected chi connectivity index (χ1v) is 13.1. The lowest BCUT2D eigenvalue weighted by Gasteiger charge is -2.13. The molecule has 0 fully saturated rings. The SMILES string of the molecule is Cc1ccc(S(=O)(=O)NCCOC(=O)/C(=C2\C(=O)N(C)c3ccc(Br)cc32)c2ccccc2)cc1. The van der Waals surface area contributed by atoms with Crippen LogP contribution in [0, 0.1) is 6.92 Å². The highest BCUT2D eigenvalue weighted by atomic mass is 79.9. The van der Waals surface area contributed by atoms with Gasteiger partial charge in [0.1, 0.15) is 6.61 Å². The van der Waals surface area contributed by atoms with E-state index in [-0.39, 0.29) is 35.1 Å². The van der Waals surface area contributed by atoms with Gasteiger partial charge in [-0.1, -0.05) is 64.0 Å². The number of hydrogen-bond acceptors (Lipinski definition) is 5. The van der Waals surface area contributed by atoms with Gasteiger partial charge in [-0.2, -0.15) is 0 Å². The summed E-state index contributed by atoms with van der Waals surface area (Å²) >= 11 is 3.43. The Bertz CT molecular complexity index is 1420. The van der Waals surface area contributed by atoms with E-state index in [1.165, 1.54) is 17.0 Å². The van der Waals surface area contributed by atoms with Gasteiger partial charge < -0.3 is 9.64 Å². The predicted molar refractivity (Wildman–Crippen MR) is 138 cm³/mol. The third-order valence-electron chi connectivity index (χ3n) is 5.58. The van der Waals surface area contributed by atoms with Crippen molar-refractivity contribution in [2.45, 2.75) is 11.8 Å². The molecule has 1 amide bonds. The molecular weight excluding hydrogens is 532 g/mol. The summed E-state index contributed by atoms with van der Waals surface area (Å²) in [5.41, 5.74) is 3.13. The number of amides is 1. The van der Waals surface area contributed by atoms with Gasteiger partial charge in [0.2, 0.25) is 10.0 Å². The molecule has 180 valence electrons. The number of halogens is 1. The number of sulfonamides is 1. The molecule has 0 aromatic heterocycles. The zero-order valence-electron chi connectivity index (χ0n) is 19.1. The highest BCUT2D eigenvalue weighted by molar-refractivity contribution is 9.10. The van der Waals surface area contributed by atoms with Gasteiger partial charge >= 0.3 is 5.97 Å². The quantitative estimate of drug-likeness (QED) is 0.269. The number of benzene rings is 3. The summed E-state index contributed by atoms with van der Waals surface area (Å²) in [7, 11) is -2.09. The van der Waals surface area contributed by atoms with Crippen LogP contribution in [0.5, 0.6) is 0 Å². The number of rotatable bonds is 7. The van der Waals surface area contributed by atoms with Crippen LogP contribution in [0.15, 0.2) is 82.2 Å². The number of nitrogens with zero attached hydrogens (tertiary/aromatic N) is 1. The molecule has 0 unspecified atom stereocenters. The van der Waals surface area contributed by atoms with E-state index in [2.05, 4.69) is 20.7 Å². The predicted octanol–water partition coefficient (Wildman–Crippen LogP) is 4.17. The monoisotopic (exact) mass is 554 g/mol. The van der Waals surface area contributed by atoms with Gasteiger partial charge in [-0.25, -0.2) is 17.9 Å². The summed E-state index contributed by atoms with van der Waals surface area (Å²) in [6.07, 6.45) is 0. The molecule has 4 rings (SSSR count). The van der Waals surface area contributed by atoms with E-state index in [4.69, 9.17) is 4.74 Å². The largest absolute Gasteiger partial charge is 0.461 e. The second kappa shape index (κ2) is 10.2. The molecule has 0 bridgehead atoms. The van der Waals surface area contributed by atoms with Crippen LogP contribution >= 0.6 is 15.9 Å². The standard InChI is InChI=1S/C26H23BrN2O5S/c1-17-8-11-20(12-9-17)35(32,33)28-14-15-34-26(31)23(18-6-4-3-5-7-18)24-21-16-19(27)10-13-22(21)29(2)25(24)30/h3-13,16,28H,14-15H2,1-2H3/b24-23-. The molecule has 3 aromatic rings. The number of fused-ring (bicyclic) bond motifs is 1. The van der Waals surface area contributed by atoms with E-state index >= 15 is 0 Å². The van der Waals surface area contributed by atoms with Crippen molar-refractivity contribution >= 4 is 54.7 Å². The molecule has 1 heterocycles. The van der Waals surface area contributed by atoms with E-state index in [9.17, 15) is 18.0 Å². The Morgan fingerprint density at radius 2 is 1.71 bits per heavy atom. The zero-order chi connectivity index (χ0) is 25.2. The van der Waals surface area contributed by atoms with Crippen LogP contribution in [0.1, 0.15) is 16.7 Å². The van der Waals surface area contributed by atoms with Crippen LogP contribution in [-0.2, 0) is 24.3 Å². The van der Waals surface area contributed by atoms with Crippen molar-refractivity contribution in [3.8, 4) is 0 Å². The molecule has 0 radical (unpaired) electrons. The fourth-order valence-corrected chi connectivity index (χ4v) is 5.17. The maximum Gasteiger partial charge on any atom is 0.339 e. The number of nitrogens with one attached hydrogen (secondary N) is 1. The minimum absolute atomic E-state index is 0.116. The second-order valence-electron chi connectivity index (χ2n) is 7.99. The number of likely N-dealkylation sites (N-methyl/N-ethyl adjacent to an activating group) is 1. The lowest BCUT2D eigenvalue weighted by atomic mass is 9.95. The first-order valence-electron chi connectivity index (χ1n) is 10.8. The van der Waals surface area contributed by atoms with Crippen molar-refractivity contribution in [2.24, 2.45) is 0 Å². The molecule has 3 aromatic carbocycles. The van der Waals surface area contributed by atoms with Crippen LogP contribution < -0.4 is 9.62 Å². The molecule has 0 spiro atoms. The van der Waals surface area contributed by atoms with E-state index in [1.807, 2.05) is 19.1 Å². The molecule has 0 saturated carbocycles. The lowest BCUT2D eigenvalue weighted by molar-refractivity contribution is -0.136. The Labute approximate surface area is 212 Å². The molecule has 0 saturated heterocycles. The van der Waals surface area contributed by atoms with Crippen LogP contribution in [0.4, 0.5) is 5.69 Å². The van der Waals surface area contributed by atoms with Gasteiger partial charge in [-0.15, -0.1) is 0 Å². The fraction of sp³-hybridized carbons (Fsp3) is 0.154. The average Bonchev–Trinajstić information content (AvgIpc) is 3.07. The number of carbonyl (C=O) groups is 2. The van der Waals surface area contributed by atoms with Crippen molar-refractivity contribution < 1.29 is 22.7 Å². The summed E-state index contributed by atoms with van der Waals surface area (Å²) in [5, 5.41) is 0. The van der Waals surface area contributed by atoms with Gasteiger partial charge in [-0.05, 0) is 42.8 Å². The summed E-state index contributed by atoms with van der Waals surface area (Å²) < 4.78 is 33.6. The Morgan fingerprint density at radius 1 is 1.03 bits per heavy atom. The van der Waals surface area contributed by atoms with Gasteiger partial charge in [-0.3, -0.25) is 4.79 Å². The number of carbonyl (C=O) groups excluding carboxylic acids is 2. The van der Waals surface area contributed by atoms with Crippen molar-refractivity contribution in [2.75, 3.05) is 25.1 Å². The van der Waals surface area contributed by atoms with Crippen LogP contribution in [0.25, 0.3) is 11.1 Å². The Balaban J connectivity index is 1.59. The van der Waals surface area contributed by atoms with Crippen molar-refractivity contribution in [3.05, 3.63) is 94.0 Å². The minimum atomic E-state index is -3.74. The van der Waals surface area contributed by atoms with Gasteiger partial charge in [0.15, 0.2) is 0 Å². The lowest BCUT2D eigenvalue weighted by Crippen LogP contribution is -2.28. The van der Waals surface area contributed by atoms with Crippen molar-refractivity contribution in [1.82, 2.24) is 4.72 Å². The Morgan fingerprint density at radius 3 is 2.40 bits per heavy atom. The normalized spacial score (nSPS) is 14.6. The maximum absolute atomic E-state index is 13.3. The van der Waals surface area contributed by atoms with E-state index in [1.54, 1.807) is 55.6 Å². The average molecular weight is 555 g/mol. The minimum Gasteiger partial charge on any atom is -0.461 e. The Hall–Kier alpha value is -3.27. The first kappa shape index (κ1) is 24.8. The van der Waals surface area contributed by atoms with Gasteiger partial charge in [0, 0.05) is 23.6 Å². The van der Waals surface area contributed by atoms with Crippen LogP contribution in [0.2, 0.25) is 0 Å². The summed E-state index contributed by atoms with van der Waals surface area (Å²) in [4.78, 5) is 28.1.